The van der Waals surface area contributed by atoms with Crippen molar-refractivity contribution in [1.29, 1.82) is 0 Å². The highest BCUT2D eigenvalue weighted by Gasteiger charge is 2.31. The van der Waals surface area contributed by atoms with Gasteiger partial charge in [-0.2, -0.15) is 0 Å². The Kier molecular flexibility index (Phi) is 8.80. The Hall–Kier alpha value is -3.28. The quantitative estimate of drug-likeness (QED) is 0.422. The van der Waals surface area contributed by atoms with Crippen molar-refractivity contribution in [3.63, 3.8) is 0 Å². The molecule has 2 aromatic carbocycles. The first-order chi connectivity index (χ1) is 18.1. The van der Waals surface area contributed by atoms with Crippen molar-refractivity contribution >= 4 is 39.9 Å². The Balaban J connectivity index is 1.38. The molecule has 4 rings (SSSR count). The van der Waals surface area contributed by atoms with Crippen molar-refractivity contribution in [2.75, 3.05) is 56.2 Å². The molecule has 1 aliphatic rings. The third-order valence-electron chi connectivity index (χ3n) is 6.11. The predicted molar refractivity (Wildman–Crippen MR) is 139 cm³/mol. The number of amides is 1. The summed E-state index contributed by atoms with van der Waals surface area (Å²) in [5.74, 6) is 0.00219. The molecule has 38 heavy (non-hydrogen) atoms. The number of anilines is 2. The van der Waals surface area contributed by atoms with E-state index in [1.807, 2.05) is 25.1 Å². The van der Waals surface area contributed by atoms with Crippen LogP contribution in [0, 0.1) is 6.92 Å². The van der Waals surface area contributed by atoms with Gasteiger partial charge in [0, 0.05) is 43.3 Å². The number of benzene rings is 2. The molecule has 0 unspecified atom stereocenters. The molecule has 0 saturated carbocycles. The van der Waals surface area contributed by atoms with Gasteiger partial charge in [0.2, 0.25) is 0 Å². The van der Waals surface area contributed by atoms with Gasteiger partial charge in [-0.1, -0.05) is 11.6 Å². The fourth-order valence-electron chi connectivity index (χ4n) is 4.32. The smallest absolute Gasteiger partial charge is 0.482 e. The van der Waals surface area contributed by atoms with Gasteiger partial charge in [0.15, 0.2) is 6.61 Å². The number of carbonyl (C=O) groups is 1. The van der Waals surface area contributed by atoms with E-state index in [1.54, 1.807) is 6.07 Å². The van der Waals surface area contributed by atoms with Gasteiger partial charge >= 0.3 is 6.36 Å². The Labute approximate surface area is 222 Å². The third kappa shape index (κ3) is 7.40. The average molecular weight is 553 g/mol. The number of carbonyl (C=O) groups excluding carboxylic acids is 1. The van der Waals surface area contributed by atoms with Crippen LogP contribution in [0.4, 0.5) is 24.7 Å². The number of fused-ring (bicyclic) bond motifs is 1. The molecular formula is C26H28ClF3N4O4. The number of rotatable bonds is 8. The lowest BCUT2D eigenvalue weighted by Crippen LogP contribution is -2.32. The Morgan fingerprint density at radius 3 is 2.68 bits per heavy atom. The van der Waals surface area contributed by atoms with E-state index in [-0.39, 0.29) is 17.4 Å². The van der Waals surface area contributed by atoms with Crippen LogP contribution in [0.2, 0.25) is 5.02 Å². The van der Waals surface area contributed by atoms with Gasteiger partial charge in [0.1, 0.15) is 17.3 Å². The minimum absolute atomic E-state index is 0.0513. The first-order valence-electron chi connectivity index (χ1n) is 12.1. The molecule has 0 radical (unpaired) electrons. The second-order valence-electron chi connectivity index (χ2n) is 8.91. The van der Waals surface area contributed by atoms with E-state index in [0.717, 1.165) is 67.0 Å². The van der Waals surface area contributed by atoms with Gasteiger partial charge in [-0.25, -0.2) is 4.98 Å². The van der Waals surface area contributed by atoms with E-state index < -0.39 is 24.6 Å². The van der Waals surface area contributed by atoms with Gasteiger partial charge < -0.3 is 24.8 Å². The number of hydrogen-bond donors (Lipinski definition) is 2. The van der Waals surface area contributed by atoms with E-state index in [2.05, 4.69) is 19.9 Å². The van der Waals surface area contributed by atoms with Crippen LogP contribution in [0.1, 0.15) is 12.0 Å². The minimum atomic E-state index is -4.84. The van der Waals surface area contributed by atoms with Gasteiger partial charge in [-0.05, 0) is 61.9 Å². The molecule has 1 aromatic heterocycles. The average Bonchev–Trinajstić information content (AvgIpc) is 3.09. The number of aromatic nitrogens is 1. The standard InChI is InChI=1S/C26H28ClF3N4O4/c1-17-13-24(34-8-2-7-33(9-10-34)11-12-35)32-22-5-3-18(14-20(17)22)31-25(36)16-37-23-6-4-19(15-21(23)27)38-26(28,29)30/h3-6,13-15,35H,2,7-12,16H2,1H3,(H,31,36). The van der Waals surface area contributed by atoms with Crippen LogP contribution >= 0.6 is 11.6 Å². The van der Waals surface area contributed by atoms with Crippen LogP contribution in [-0.2, 0) is 4.79 Å². The summed E-state index contributed by atoms with van der Waals surface area (Å²) in [4.78, 5) is 21.8. The van der Waals surface area contributed by atoms with Gasteiger partial charge in [0.25, 0.3) is 5.91 Å². The zero-order valence-electron chi connectivity index (χ0n) is 20.7. The van der Waals surface area contributed by atoms with E-state index in [4.69, 9.17) is 21.3 Å². The number of halogens is 4. The van der Waals surface area contributed by atoms with E-state index >= 15 is 0 Å². The van der Waals surface area contributed by atoms with Crippen molar-refractivity contribution in [2.24, 2.45) is 0 Å². The van der Waals surface area contributed by atoms with Crippen LogP contribution in [0.15, 0.2) is 42.5 Å². The topological polar surface area (TPSA) is 87.2 Å². The zero-order valence-corrected chi connectivity index (χ0v) is 21.5. The maximum absolute atomic E-state index is 12.4. The maximum atomic E-state index is 12.4. The Morgan fingerprint density at radius 2 is 1.95 bits per heavy atom. The highest BCUT2D eigenvalue weighted by Crippen LogP contribution is 2.32. The third-order valence-corrected chi connectivity index (χ3v) is 6.41. The molecule has 0 aliphatic carbocycles. The van der Waals surface area contributed by atoms with Crippen molar-refractivity contribution in [3.05, 3.63) is 53.1 Å². The molecule has 204 valence electrons. The number of aliphatic hydroxyl groups is 1. The monoisotopic (exact) mass is 552 g/mol. The number of nitrogens with one attached hydrogen (secondary N) is 1. The Bertz CT molecular complexity index is 1290. The number of pyridine rings is 1. The van der Waals surface area contributed by atoms with Gasteiger partial charge in [0.05, 0.1) is 17.1 Å². The summed E-state index contributed by atoms with van der Waals surface area (Å²) in [6, 6.07) is 10.7. The normalized spacial score (nSPS) is 14.8. The fraction of sp³-hybridized carbons (Fsp3) is 0.385. The molecule has 1 saturated heterocycles. The van der Waals surface area contributed by atoms with Gasteiger partial charge in [-0.15, -0.1) is 13.2 Å². The minimum Gasteiger partial charge on any atom is -0.482 e. The van der Waals surface area contributed by atoms with Crippen LogP contribution in [0.25, 0.3) is 10.9 Å². The number of aliphatic hydroxyl groups excluding tert-OH is 1. The van der Waals surface area contributed by atoms with E-state index in [1.165, 1.54) is 6.07 Å². The van der Waals surface area contributed by atoms with E-state index in [0.29, 0.717) is 12.2 Å². The molecule has 3 aromatic rings. The highest BCUT2D eigenvalue weighted by atomic mass is 35.5. The fourth-order valence-corrected chi connectivity index (χ4v) is 4.54. The lowest BCUT2D eigenvalue weighted by Gasteiger charge is -2.23. The molecule has 1 fully saturated rings. The summed E-state index contributed by atoms with van der Waals surface area (Å²) < 4.78 is 46.2. The van der Waals surface area contributed by atoms with Crippen LogP contribution < -0.4 is 19.7 Å². The first-order valence-corrected chi connectivity index (χ1v) is 12.5. The SMILES string of the molecule is Cc1cc(N2CCCN(CCO)CC2)nc2ccc(NC(=O)COc3ccc(OC(F)(F)F)cc3Cl)cc12. The molecule has 8 nitrogen and oxygen atoms in total. The second kappa shape index (κ2) is 12.1. The molecule has 2 N–H and O–H groups in total. The number of alkyl halides is 3. The molecule has 0 atom stereocenters. The molecule has 1 aliphatic heterocycles. The molecule has 0 spiro atoms. The number of aryl methyl sites for hydroxylation is 1. The Morgan fingerprint density at radius 1 is 1.13 bits per heavy atom. The largest absolute Gasteiger partial charge is 0.573 e. The second-order valence-corrected chi connectivity index (χ2v) is 9.32. The first kappa shape index (κ1) is 27.7. The summed E-state index contributed by atoms with van der Waals surface area (Å²) in [6.07, 6.45) is -3.85. The van der Waals surface area contributed by atoms with Gasteiger partial charge in [-0.3, -0.25) is 9.69 Å². The number of β-amino-alcohol motifs (C(OH)–C–C–N with tert-alkyl or cyclic N) is 1. The number of nitrogens with zero attached hydrogens (tertiary/aromatic N) is 3. The number of hydrogen-bond acceptors (Lipinski definition) is 7. The predicted octanol–water partition coefficient (Wildman–Crippen LogP) is 4.62. The molecule has 0 bridgehead atoms. The summed E-state index contributed by atoms with van der Waals surface area (Å²) >= 11 is 5.96. The zero-order chi connectivity index (χ0) is 27.3. The van der Waals surface area contributed by atoms with Crippen LogP contribution in [0.3, 0.4) is 0 Å². The molecule has 2 heterocycles. The van der Waals surface area contributed by atoms with Crippen molar-refractivity contribution in [3.8, 4) is 11.5 Å². The van der Waals surface area contributed by atoms with Crippen molar-refractivity contribution in [2.45, 2.75) is 19.7 Å². The van der Waals surface area contributed by atoms with Crippen LogP contribution in [0.5, 0.6) is 11.5 Å². The number of ether oxygens (including phenoxy) is 2. The molecule has 12 heteroatoms. The summed E-state index contributed by atoms with van der Waals surface area (Å²) in [5.41, 5.74) is 2.37. The van der Waals surface area contributed by atoms with Crippen molar-refractivity contribution < 1.29 is 32.5 Å². The van der Waals surface area contributed by atoms with Crippen molar-refractivity contribution in [1.82, 2.24) is 9.88 Å². The molecular weight excluding hydrogens is 525 g/mol. The van der Waals surface area contributed by atoms with E-state index in [9.17, 15) is 23.1 Å². The molecule has 1 amide bonds. The lowest BCUT2D eigenvalue weighted by atomic mass is 10.1. The highest BCUT2D eigenvalue weighted by molar-refractivity contribution is 6.32. The summed E-state index contributed by atoms with van der Waals surface area (Å²) in [7, 11) is 0. The summed E-state index contributed by atoms with van der Waals surface area (Å²) in [5, 5.41) is 12.7. The maximum Gasteiger partial charge on any atom is 0.573 e. The lowest BCUT2D eigenvalue weighted by molar-refractivity contribution is -0.274. The summed E-state index contributed by atoms with van der Waals surface area (Å²) in [6.45, 7) is 5.95. The van der Waals surface area contributed by atoms with Crippen LogP contribution in [-0.4, -0.2) is 73.2 Å².